The summed E-state index contributed by atoms with van der Waals surface area (Å²) < 4.78 is 5.76. The number of nitrogens with zero attached hydrogens (tertiary/aromatic N) is 3. The Hall–Kier alpha value is -2.67. The van der Waals surface area contributed by atoms with Crippen molar-refractivity contribution >= 4 is 11.8 Å². The van der Waals surface area contributed by atoms with Crippen molar-refractivity contribution in [3.05, 3.63) is 52.8 Å². The molecule has 0 bridgehead atoms. The van der Waals surface area contributed by atoms with Gasteiger partial charge in [-0.3, -0.25) is 14.7 Å². The van der Waals surface area contributed by atoms with Crippen molar-refractivity contribution in [1.29, 1.82) is 0 Å². The molecule has 0 spiro atoms. The number of carbonyl (C=O) groups is 2. The highest BCUT2D eigenvalue weighted by Crippen LogP contribution is 2.30. The van der Waals surface area contributed by atoms with Gasteiger partial charge in [0.15, 0.2) is 0 Å². The average molecular weight is 425 g/mol. The van der Waals surface area contributed by atoms with Gasteiger partial charge in [0.1, 0.15) is 0 Å². The molecule has 0 radical (unpaired) electrons. The molecule has 2 atom stereocenters. The number of hydrogen-bond acceptors (Lipinski definition) is 4. The van der Waals surface area contributed by atoms with E-state index in [1.165, 1.54) is 5.56 Å². The number of aromatic amines is 1. The predicted molar refractivity (Wildman–Crippen MR) is 118 cm³/mol. The first-order chi connectivity index (χ1) is 14.9. The first kappa shape index (κ1) is 21.6. The van der Waals surface area contributed by atoms with Crippen molar-refractivity contribution in [2.24, 2.45) is 0 Å². The number of nitrogens with one attached hydrogen (secondary N) is 1. The minimum Gasteiger partial charge on any atom is -0.372 e. The molecule has 1 aromatic heterocycles. The molecule has 2 amide bonds. The number of ether oxygens (including phenoxy) is 1. The number of piperidine rings is 1. The van der Waals surface area contributed by atoms with Gasteiger partial charge in [-0.25, -0.2) is 0 Å². The molecule has 2 aromatic rings. The van der Waals surface area contributed by atoms with Gasteiger partial charge in [-0.1, -0.05) is 29.8 Å². The lowest BCUT2D eigenvalue weighted by atomic mass is 9.90. The molecule has 1 N–H and O–H groups in total. The number of H-pyrrole nitrogens is 1. The summed E-state index contributed by atoms with van der Waals surface area (Å²) in [6, 6.07) is 8.12. The quantitative estimate of drug-likeness (QED) is 0.819. The highest BCUT2D eigenvalue weighted by Gasteiger charge is 2.32. The minimum atomic E-state index is 0.0173. The van der Waals surface area contributed by atoms with Gasteiger partial charge in [-0.15, -0.1) is 0 Å². The maximum Gasteiger partial charge on any atom is 0.257 e. The van der Waals surface area contributed by atoms with Crippen LogP contribution in [0.15, 0.2) is 30.5 Å². The van der Waals surface area contributed by atoms with E-state index in [0.29, 0.717) is 38.2 Å². The van der Waals surface area contributed by atoms with Crippen molar-refractivity contribution in [3.8, 4) is 0 Å². The molecule has 2 saturated heterocycles. The molecule has 166 valence electrons. The number of morpholine rings is 1. The zero-order valence-corrected chi connectivity index (χ0v) is 18.6. The second kappa shape index (κ2) is 9.22. The summed E-state index contributed by atoms with van der Waals surface area (Å²) in [6.45, 7) is 8.63. The van der Waals surface area contributed by atoms with Crippen molar-refractivity contribution in [2.45, 2.75) is 58.2 Å². The molecular weight excluding hydrogens is 392 g/mol. The molecular formula is C24H32N4O3. The minimum absolute atomic E-state index is 0.0173. The van der Waals surface area contributed by atoms with Crippen LogP contribution in [0.4, 0.5) is 0 Å². The Bertz CT molecular complexity index is 922. The Morgan fingerprint density at radius 3 is 2.52 bits per heavy atom. The fourth-order valence-corrected chi connectivity index (χ4v) is 4.82. The van der Waals surface area contributed by atoms with E-state index in [-0.39, 0.29) is 29.9 Å². The van der Waals surface area contributed by atoms with Gasteiger partial charge in [0, 0.05) is 32.1 Å². The van der Waals surface area contributed by atoms with E-state index in [0.717, 1.165) is 24.1 Å². The van der Waals surface area contributed by atoms with Gasteiger partial charge in [-0.2, -0.15) is 5.10 Å². The van der Waals surface area contributed by atoms with Crippen LogP contribution < -0.4 is 0 Å². The maximum absolute atomic E-state index is 13.2. The summed E-state index contributed by atoms with van der Waals surface area (Å²) in [6.07, 6.45) is 3.82. The summed E-state index contributed by atoms with van der Waals surface area (Å²) in [5, 5.41) is 7.26. The molecule has 3 heterocycles. The first-order valence-corrected chi connectivity index (χ1v) is 11.2. The summed E-state index contributed by atoms with van der Waals surface area (Å²) >= 11 is 0. The van der Waals surface area contributed by atoms with Crippen LogP contribution in [0.25, 0.3) is 0 Å². The van der Waals surface area contributed by atoms with E-state index in [1.807, 2.05) is 48.8 Å². The topological polar surface area (TPSA) is 78.5 Å². The predicted octanol–water partition coefficient (Wildman–Crippen LogP) is 2.92. The number of carbonyl (C=O) groups excluding carboxylic acids is 2. The van der Waals surface area contributed by atoms with Crippen LogP contribution in [0.1, 0.15) is 59.8 Å². The summed E-state index contributed by atoms with van der Waals surface area (Å²) in [5.74, 6) is 0.394. The normalized spacial score (nSPS) is 22.5. The smallest absolute Gasteiger partial charge is 0.257 e. The number of aryl methyl sites for hydroxylation is 1. The zero-order chi connectivity index (χ0) is 22.0. The number of benzene rings is 1. The summed E-state index contributed by atoms with van der Waals surface area (Å²) in [5.41, 5.74) is 3.79. The number of rotatable bonds is 4. The lowest BCUT2D eigenvalue weighted by molar-refractivity contribution is -0.131. The van der Waals surface area contributed by atoms with Crippen LogP contribution in [0.3, 0.4) is 0 Å². The van der Waals surface area contributed by atoms with Crippen LogP contribution >= 0.6 is 0 Å². The number of hydrogen-bond donors (Lipinski definition) is 1. The highest BCUT2D eigenvalue weighted by atomic mass is 16.5. The van der Waals surface area contributed by atoms with Crippen LogP contribution in [0, 0.1) is 6.92 Å². The Morgan fingerprint density at radius 2 is 1.84 bits per heavy atom. The molecule has 2 aliphatic rings. The third-order valence-corrected chi connectivity index (χ3v) is 6.30. The Morgan fingerprint density at radius 1 is 1.13 bits per heavy atom. The molecule has 7 nitrogen and oxygen atoms in total. The number of amides is 2. The second-order valence-electron chi connectivity index (χ2n) is 8.99. The third-order valence-electron chi connectivity index (χ3n) is 6.30. The van der Waals surface area contributed by atoms with Gasteiger partial charge in [0.25, 0.3) is 5.91 Å². The monoisotopic (exact) mass is 424 g/mol. The highest BCUT2D eigenvalue weighted by molar-refractivity contribution is 5.95. The SMILES string of the molecule is Cc1cccc(CC(=O)N2CCC(c3[nH]ncc3C(=O)N3C[C@H](C)O[C@@H](C)C3)CC2)c1. The fraction of sp³-hybridized carbons (Fsp3) is 0.542. The molecule has 2 fully saturated rings. The van der Waals surface area contributed by atoms with E-state index >= 15 is 0 Å². The fourth-order valence-electron chi connectivity index (χ4n) is 4.82. The van der Waals surface area contributed by atoms with Crippen LogP contribution in [0.2, 0.25) is 0 Å². The molecule has 1 aromatic carbocycles. The van der Waals surface area contributed by atoms with Gasteiger partial charge < -0.3 is 14.5 Å². The zero-order valence-electron chi connectivity index (χ0n) is 18.6. The lowest BCUT2D eigenvalue weighted by Gasteiger charge is -2.36. The van der Waals surface area contributed by atoms with Gasteiger partial charge >= 0.3 is 0 Å². The van der Waals surface area contributed by atoms with Crippen LogP contribution in [-0.4, -0.2) is 70.2 Å². The Kier molecular flexibility index (Phi) is 6.41. The summed E-state index contributed by atoms with van der Waals surface area (Å²) in [7, 11) is 0. The first-order valence-electron chi connectivity index (χ1n) is 11.2. The molecule has 0 saturated carbocycles. The van der Waals surface area contributed by atoms with E-state index in [2.05, 4.69) is 16.3 Å². The number of aromatic nitrogens is 2. The third kappa shape index (κ3) is 4.98. The van der Waals surface area contributed by atoms with Gasteiger partial charge in [-0.05, 0) is 39.2 Å². The Balaban J connectivity index is 1.37. The molecule has 31 heavy (non-hydrogen) atoms. The van der Waals surface area contributed by atoms with Crippen molar-refractivity contribution in [3.63, 3.8) is 0 Å². The molecule has 0 aliphatic carbocycles. The van der Waals surface area contributed by atoms with Gasteiger partial charge in [0.2, 0.25) is 5.91 Å². The molecule has 4 rings (SSSR count). The molecule has 7 heteroatoms. The maximum atomic E-state index is 13.2. The molecule has 2 aliphatic heterocycles. The van der Waals surface area contributed by atoms with E-state index < -0.39 is 0 Å². The van der Waals surface area contributed by atoms with Crippen LogP contribution in [0.5, 0.6) is 0 Å². The largest absolute Gasteiger partial charge is 0.372 e. The second-order valence-corrected chi connectivity index (χ2v) is 8.99. The van der Waals surface area contributed by atoms with Crippen molar-refractivity contribution < 1.29 is 14.3 Å². The standard InChI is InChI=1S/C24H32N4O3/c1-16-5-4-6-19(11-16)12-22(29)27-9-7-20(8-10-27)23-21(13-25-26-23)24(30)28-14-17(2)31-18(3)15-28/h4-6,11,13,17-18,20H,7-10,12,14-15H2,1-3H3,(H,25,26)/t17-,18-/m0/s1. The lowest BCUT2D eigenvalue weighted by Crippen LogP contribution is -2.48. The van der Waals surface area contributed by atoms with E-state index in [4.69, 9.17) is 4.74 Å². The number of likely N-dealkylation sites (tertiary alicyclic amines) is 1. The van der Waals surface area contributed by atoms with E-state index in [9.17, 15) is 9.59 Å². The Labute approximate surface area is 183 Å². The summed E-state index contributed by atoms with van der Waals surface area (Å²) in [4.78, 5) is 29.7. The average Bonchev–Trinajstić information content (AvgIpc) is 3.22. The van der Waals surface area contributed by atoms with Gasteiger partial charge in [0.05, 0.1) is 36.1 Å². The van der Waals surface area contributed by atoms with Crippen molar-refractivity contribution in [2.75, 3.05) is 26.2 Å². The van der Waals surface area contributed by atoms with Crippen LogP contribution in [-0.2, 0) is 16.0 Å². The van der Waals surface area contributed by atoms with E-state index in [1.54, 1.807) is 6.20 Å². The molecule has 0 unspecified atom stereocenters. The van der Waals surface area contributed by atoms with Crippen molar-refractivity contribution in [1.82, 2.24) is 20.0 Å².